The summed E-state index contributed by atoms with van der Waals surface area (Å²) in [7, 11) is 0.905. The zero-order valence-electron chi connectivity index (χ0n) is 8.25. The van der Waals surface area contributed by atoms with E-state index in [2.05, 4.69) is 0 Å². The van der Waals surface area contributed by atoms with Gasteiger partial charge in [0.05, 0.1) is 11.0 Å². The van der Waals surface area contributed by atoms with Gasteiger partial charge in [-0.15, -0.1) is 0 Å². The summed E-state index contributed by atoms with van der Waals surface area (Å²) < 4.78 is 32.7. The third-order valence-corrected chi connectivity index (χ3v) is 3.43. The summed E-state index contributed by atoms with van der Waals surface area (Å²) in [5.74, 6) is 0.257. The second kappa shape index (κ2) is 4.04. The van der Waals surface area contributed by atoms with Crippen molar-refractivity contribution in [2.45, 2.75) is 4.90 Å². The molecule has 0 N–H and O–H groups in total. The van der Waals surface area contributed by atoms with E-state index in [0.29, 0.717) is 0 Å². The SMILES string of the molecule is O=[N+]([O-])c1cc2c(cc1S(=O)(=O)Cl)OCCO2. The number of benzene rings is 1. The van der Waals surface area contributed by atoms with E-state index >= 15 is 0 Å². The van der Waals surface area contributed by atoms with E-state index in [-0.39, 0.29) is 24.7 Å². The van der Waals surface area contributed by atoms with Crippen LogP contribution < -0.4 is 9.47 Å². The summed E-state index contributed by atoms with van der Waals surface area (Å²) in [5, 5.41) is 10.7. The van der Waals surface area contributed by atoms with Crippen molar-refractivity contribution < 1.29 is 22.8 Å². The van der Waals surface area contributed by atoms with Crippen molar-refractivity contribution in [1.82, 2.24) is 0 Å². The molecular formula is C8H6ClNO6S. The van der Waals surface area contributed by atoms with Crippen LogP contribution in [0.2, 0.25) is 0 Å². The van der Waals surface area contributed by atoms with E-state index in [1.54, 1.807) is 0 Å². The Labute approximate surface area is 100 Å². The van der Waals surface area contributed by atoms with Crippen molar-refractivity contribution in [1.29, 1.82) is 0 Å². The Morgan fingerprint density at radius 3 is 2.24 bits per heavy atom. The smallest absolute Gasteiger partial charge is 0.293 e. The lowest BCUT2D eigenvalue weighted by atomic mass is 10.2. The van der Waals surface area contributed by atoms with Crippen LogP contribution in [0.1, 0.15) is 0 Å². The number of halogens is 1. The third kappa shape index (κ3) is 2.27. The maximum Gasteiger partial charge on any atom is 0.293 e. The Bertz CT molecular complexity index is 584. The van der Waals surface area contributed by atoms with Crippen LogP contribution in [0.25, 0.3) is 0 Å². The van der Waals surface area contributed by atoms with Gasteiger partial charge in [-0.05, 0) is 0 Å². The Hall–Kier alpha value is -1.54. The van der Waals surface area contributed by atoms with E-state index in [1.165, 1.54) is 0 Å². The first kappa shape index (κ1) is 11.9. The molecule has 0 unspecified atom stereocenters. The van der Waals surface area contributed by atoms with Gasteiger partial charge in [-0.3, -0.25) is 10.1 Å². The van der Waals surface area contributed by atoms with Crippen molar-refractivity contribution in [3.05, 3.63) is 22.2 Å². The normalized spacial score (nSPS) is 14.4. The summed E-state index contributed by atoms with van der Waals surface area (Å²) in [6.07, 6.45) is 0. The first-order valence-electron chi connectivity index (χ1n) is 4.42. The molecule has 17 heavy (non-hydrogen) atoms. The topological polar surface area (TPSA) is 95.7 Å². The zero-order valence-corrected chi connectivity index (χ0v) is 9.82. The molecule has 0 amide bonds. The van der Waals surface area contributed by atoms with Gasteiger partial charge < -0.3 is 9.47 Å². The van der Waals surface area contributed by atoms with Gasteiger partial charge in [-0.2, -0.15) is 0 Å². The molecule has 7 nitrogen and oxygen atoms in total. The summed E-state index contributed by atoms with van der Waals surface area (Å²) in [6.45, 7) is 0.490. The summed E-state index contributed by atoms with van der Waals surface area (Å²) in [5.41, 5.74) is -0.635. The highest BCUT2D eigenvalue weighted by Crippen LogP contribution is 2.39. The van der Waals surface area contributed by atoms with Crippen LogP contribution in [-0.2, 0) is 9.05 Å². The first-order valence-corrected chi connectivity index (χ1v) is 6.73. The number of ether oxygens (including phenoxy) is 2. The standard InChI is InChI=1S/C8H6ClNO6S/c9-17(13,14)8-4-7-6(15-1-2-16-7)3-5(8)10(11)12/h3-4H,1-2H2. The van der Waals surface area contributed by atoms with Crippen molar-refractivity contribution in [3.8, 4) is 11.5 Å². The van der Waals surface area contributed by atoms with Crippen molar-refractivity contribution >= 4 is 25.4 Å². The van der Waals surface area contributed by atoms with Crippen LogP contribution >= 0.6 is 10.7 Å². The van der Waals surface area contributed by atoms with E-state index in [4.69, 9.17) is 20.2 Å². The highest BCUT2D eigenvalue weighted by Gasteiger charge is 2.28. The molecule has 9 heteroatoms. The molecule has 0 spiro atoms. The molecular weight excluding hydrogens is 274 g/mol. The molecule has 1 aromatic rings. The Morgan fingerprint density at radius 2 is 1.76 bits per heavy atom. The van der Waals surface area contributed by atoms with E-state index in [0.717, 1.165) is 12.1 Å². The monoisotopic (exact) mass is 279 g/mol. The molecule has 0 aromatic heterocycles. The van der Waals surface area contributed by atoms with Crippen LogP contribution in [0.3, 0.4) is 0 Å². The molecule has 1 aliphatic heterocycles. The molecule has 0 bridgehead atoms. The minimum absolute atomic E-state index is 0.126. The number of fused-ring (bicyclic) bond motifs is 1. The van der Waals surface area contributed by atoms with E-state index in [9.17, 15) is 18.5 Å². The largest absolute Gasteiger partial charge is 0.486 e. The number of hydrogen-bond acceptors (Lipinski definition) is 6. The predicted octanol–water partition coefficient (Wildman–Crippen LogP) is 1.29. The molecule has 2 rings (SSSR count). The number of hydrogen-bond donors (Lipinski definition) is 0. The van der Waals surface area contributed by atoms with Gasteiger partial charge in [-0.25, -0.2) is 8.42 Å². The molecule has 0 saturated heterocycles. The van der Waals surface area contributed by atoms with Crippen LogP contribution in [0.15, 0.2) is 17.0 Å². The lowest BCUT2D eigenvalue weighted by Gasteiger charge is -2.18. The lowest BCUT2D eigenvalue weighted by molar-refractivity contribution is -0.387. The zero-order chi connectivity index (χ0) is 12.6. The maximum absolute atomic E-state index is 11.2. The summed E-state index contributed by atoms with van der Waals surface area (Å²) >= 11 is 0. The van der Waals surface area contributed by atoms with Crippen molar-refractivity contribution in [3.63, 3.8) is 0 Å². The fraction of sp³-hybridized carbons (Fsp3) is 0.250. The van der Waals surface area contributed by atoms with Crippen molar-refractivity contribution in [2.75, 3.05) is 13.2 Å². The molecule has 1 heterocycles. The lowest BCUT2D eigenvalue weighted by Crippen LogP contribution is -2.16. The van der Waals surface area contributed by atoms with Crippen LogP contribution in [0.5, 0.6) is 11.5 Å². The number of nitrogens with zero attached hydrogens (tertiary/aromatic N) is 1. The number of nitro benzene ring substituents is 1. The molecule has 1 aliphatic rings. The minimum atomic E-state index is -4.22. The molecule has 0 atom stereocenters. The van der Waals surface area contributed by atoms with E-state index in [1.807, 2.05) is 0 Å². The molecule has 0 aliphatic carbocycles. The van der Waals surface area contributed by atoms with Crippen LogP contribution in [-0.4, -0.2) is 26.6 Å². The molecule has 0 fully saturated rings. The molecule has 0 radical (unpaired) electrons. The van der Waals surface area contributed by atoms with Gasteiger partial charge in [0.1, 0.15) is 13.2 Å². The second-order valence-corrected chi connectivity index (χ2v) is 5.69. The highest BCUT2D eigenvalue weighted by atomic mass is 35.7. The fourth-order valence-corrected chi connectivity index (χ4v) is 2.40. The molecule has 1 aromatic carbocycles. The first-order chi connectivity index (χ1) is 7.89. The Morgan fingerprint density at radius 1 is 1.24 bits per heavy atom. The average molecular weight is 280 g/mol. The molecule has 92 valence electrons. The van der Waals surface area contributed by atoms with Gasteiger partial charge in [0.2, 0.25) is 0 Å². The fourth-order valence-electron chi connectivity index (χ4n) is 1.40. The van der Waals surface area contributed by atoms with Gasteiger partial charge in [-0.1, -0.05) is 0 Å². The van der Waals surface area contributed by atoms with Gasteiger partial charge in [0.25, 0.3) is 14.7 Å². The van der Waals surface area contributed by atoms with Crippen molar-refractivity contribution in [2.24, 2.45) is 0 Å². The average Bonchev–Trinajstić information content (AvgIpc) is 2.26. The van der Waals surface area contributed by atoms with E-state index < -0.39 is 24.6 Å². The number of rotatable bonds is 2. The van der Waals surface area contributed by atoms with Crippen LogP contribution in [0.4, 0.5) is 5.69 Å². The van der Waals surface area contributed by atoms with Gasteiger partial charge in [0, 0.05) is 16.7 Å². The summed E-state index contributed by atoms with van der Waals surface area (Å²) in [4.78, 5) is 9.30. The number of nitro groups is 1. The highest BCUT2D eigenvalue weighted by molar-refractivity contribution is 8.13. The maximum atomic E-state index is 11.2. The van der Waals surface area contributed by atoms with Gasteiger partial charge >= 0.3 is 0 Å². The second-order valence-electron chi connectivity index (χ2n) is 3.16. The molecule has 0 saturated carbocycles. The Balaban J connectivity index is 2.69. The quantitative estimate of drug-likeness (QED) is 0.460. The summed E-state index contributed by atoms with van der Waals surface area (Å²) in [6, 6.07) is 1.98. The Kier molecular flexibility index (Phi) is 2.84. The predicted molar refractivity (Wildman–Crippen MR) is 57.1 cm³/mol. The van der Waals surface area contributed by atoms with Crippen LogP contribution in [0, 0.1) is 10.1 Å². The van der Waals surface area contributed by atoms with Gasteiger partial charge in [0.15, 0.2) is 16.4 Å². The minimum Gasteiger partial charge on any atom is -0.486 e. The third-order valence-electron chi connectivity index (χ3n) is 2.08.